The Morgan fingerprint density at radius 3 is 2.45 bits per heavy atom. The van der Waals surface area contributed by atoms with Crippen molar-refractivity contribution in [1.29, 1.82) is 0 Å². The van der Waals surface area contributed by atoms with Crippen LogP contribution in [0.5, 0.6) is 0 Å². The second-order valence-corrected chi connectivity index (χ2v) is 9.55. The van der Waals surface area contributed by atoms with Crippen molar-refractivity contribution in [1.82, 2.24) is 14.9 Å². The van der Waals surface area contributed by atoms with Crippen LogP contribution >= 0.6 is 0 Å². The van der Waals surface area contributed by atoms with Gasteiger partial charge in [-0.25, -0.2) is 13.4 Å². The number of nitrogens with zero attached hydrogens (tertiary/aromatic N) is 3. The fourth-order valence-electron chi connectivity index (χ4n) is 3.53. The number of rotatable bonds is 7. The number of aromatic nitrogens is 2. The number of amides is 1. The number of para-hydroxylation sites is 1. The molecule has 0 spiro atoms. The van der Waals surface area contributed by atoms with Gasteiger partial charge in [0.2, 0.25) is 15.9 Å². The third-order valence-corrected chi connectivity index (χ3v) is 6.61. The largest absolute Gasteiger partial charge is 0.350 e. The molecule has 164 valence electrons. The quantitative estimate of drug-likeness (QED) is 0.611. The number of sulfonamides is 1. The summed E-state index contributed by atoms with van der Waals surface area (Å²) in [7, 11) is -3.66. The summed E-state index contributed by atoms with van der Waals surface area (Å²) in [6, 6.07) is 12.2. The molecule has 3 rings (SSSR count). The van der Waals surface area contributed by atoms with Crippen LogP contribution in [-0.2, 0) is 21.4 Å². The Morgan fingerprint density at radius 1 is 1.13 bits per heavy atom. The Balaban J connectivity index is 1.83. The first-order valence-corrected chi connectivity index (χ1v) is 11.9. The van der Waals surface area contributed by atoms with Gasteiger partial charge in [0.1, 0.15) is 11.9 Å². The monoisotopic (exact) mass is 440 g/mol. The number of carbonyl (C=O) groups excluding carboxylic acids is 1. The molecule has 31 heavy (non-hydrogen) atoms. The van der Waals surface area contributed by atoms with Crippen molar-refractivity contribution in [2.24, 2.45) is 0 Å². The third kappa shape index (κ3) is 4.96. The van der Waals surface area contributed by atoms with Crippen LogP contribution < -0.4 is 9.62 Å². The molecule has 0 aliphatic rings. The van der Waals surface area contributed by atoms with Crippen molar-refractivity contribution in [3.05, 3.63) is 77.4 Å². The zero-order valence-corrected chi connectivity index (χ0v) is 19.3. The fraction of sp³-hybridized carbons (Fsp3) is 0.304. The average Bonchev–Trinajstić information content (AvgIpc) is 3.13. The fourth-order valence-corrected chi connectivity index (χ4v) is 4.70. The lowest BCUT2D eigenvalue weighted by Gasteiger charge is -2.29. The number of carbonyl (C=O) groups is 1. The zero-order valence-electron chi connectivity index (χ0n) is 18.5. The number of benzene rings is 2. The van der Waals surface area contributed by atoms with E-state index in [1.54, 1.807) is 25.3 Å². The Bertz CT molecular complexity index is 1200. The van der Waals surface area contributed by atoms with Crippen LogP contribution in [0, 0.1) is 20.8 Å². The van der Waals surface area contributed by atoms with Crippen LogP contribution in [0.25, 0.3) is 5.69 Å². The van der Waals surface area contributed by atoms with Gasteiger partial charge in [-0.05, 0) is 62.6 Å². The number of anilines is 1. The van der Waals surface area contributed by atoms with Gasteiger partial charge in [-0.2, -0.15) is 0 Å². The topological polar surface area (TPSA) is 84.3 Å². The van der Waals surface area contributed by atoms with Crippen LogP contribution in [0.15, 0.2) is 54.9 Å². The van der Waals surface area contributed by atoms with E-state index in [1.165, 1.54) is 4.31 Å². The number of hydrogen-bond donors (Lipinski definition) is 1. The van der Waals surface area contributed by atoms with Crippen molar-refractivity contribution in [2.45, 2.75) is 40.3 Å². The van der Waals surface area contributed by atoms with E-state index in [0.29, 0.717) is 5.69 Å². The molecular weight excluding hydrogens is 412 g/mol. The molecule has 7 nitrogen and oxygen atoms in total. The maximum atomic E-state index is 13.0. The molecule has 0 bridgehead atoms. The van der Waals surface area contributed by atoms with Crippen LogP contribution in [0.2, 0.25) is 0 Å². The highest BCUT2D eigenvalue weighted by molar-refractivity contribution is 7.92. The van der Waals surface area contributed by atoms with Gasteiger partial charge in [0, 0.05) is 18.9 Å². The van der Waals surface area contributed by atoms with Crippen LogP contribution in [0.1, 0.15) is 29.4 Å². The zero-order chi connectivity index (χ0) is 22.8. The van der Waals surface area contributed by atoms with E-state index in [1.807, 2.05) is 61.9 Å². The molecule has 2 aromatic carbocycles. The highest BCUT2D eigenvalue weighted by atomic mass is 32.2. The minimum absolute atomic E-state index is 0.265. The number of aryl methyl sites for hydroxylation is 3. The van der Waals surface area contributed by atoms with Gasteiger partial charge >= 0.3 is 0 Å². The van der Waals surface area contributed by atoms with Gasteiger partial charge in [-0.3, -0.25) is 9.10 Å². The van der Waals surface area contributed by atoms with E-state index in [0.717, 1.165) is 34.5 Å². The summed E-state index contributed by atoms with van der Waals surface area (Å²) in [5, 5.41) is 2.89. The number of imidazole rings is 1. The lowest BCUT2D eigenvalue weighted by atomic mass is 10.1. The Morgan fingerprint density at radius 2 is 1.84 bits per heavy atom. The van der Waals surface area contributed by atoms with Crippen LogP contribution in [0.3, 0.4) is 0 Å². The lowest BCUT2D eigenvalue weighted by molar-refractivity contribution is -0.122. The average molecular weight is 441 g/mol. The molecule has 1 amide bonds. The summed E-state index contributed by atoms with van der Waals surface area (Å²) < 4.78 is 28.2. The van der Waals surface area contributed by atoms with Crippen LogP contribution in [-0.4, -0.2) is 36.2 Å². The second kappa shape index (κ2) is 8.93. The Hall–Kier alpha value is -3.13. The maximum Gasteiger partial charge on any atom is 0.243 e. The van der Waals surface area contributed by atoms with Crippen molar-refractivity contribution in [3.8, 4) is 5.69 Å². The highest BCUT2D eigenvalue weighted by Gasteiger charge is 2.29. The SMILES string of the molecule is Cc1ccc(N([C@@H](C)C(=O)NCc2ccccc2-n2ccnc2C)S(C)(=O)=O)cc1C. The van der Waals surface area contributed by atoms with E-state index in [-0.39, 0.29) is 12.5 Å². The molecule has 0 fully saturated rings. The first kappa shape index (κ1) is 22.6. The Kier molecular flexibility index (Phi) is 6.50. The van der Waals surface area contributed by atoms with Gasteiger partial charge in [0.05, 0.1) is 17.6 Å². The molecule has 1 aromatic heterocycles. The molecule has 0 aliphatic carbocycles. The minimum atomic E-state index is -3.66. The smallest absolute Gasteiger partial charge is 0.243 e. The predicted octanol–water partition coefficient (Wildman–Crippen LogP) is 3.27. The summed E-state index contributed by atoms with van der Waals surface area (Å²) >= 11 is 0. The minimum Gasteiger partial charge on any atom is -0.350 e. The van der Waals surface area contributed by atoms with Gasteiger partial charge in [-0.15, -0.1) is 0 Å². The van der Waals surface area contributed by atoms with E-state index >= 15 is 0 Å². The van der Waals surface area contributed by atoms with Gasteiger partial charge in [-0.1, -0.05) is 24.3 Å². The van der Waals surface area contributed by atoms with Crippen molar-refractivity contribution in [3.63, 3.8) is 0 Å². The molecule has 8 heteroatoms. The Labute approximate surface area is 183 Å². The molecule has 1 heterocycles. The standard InChI is InChI=1S/C23H28N4O3S/c1-16-10-11-21(14-17(16)2)27(31(5,29)30)18(3)23(28)25-15-20-8-6-7-9-22(20)26-13-12-24-19(26)4/h6-14,18H,15H2,1-5H3,(H,25,28)/t18-/m0/s1. The summed E-state index contributed by atoms with van der Waals surface area (Å²) in [5.41, 5.74) is 4.31. The summed E-state index contributed by atoms with van der Waals surface area (Å²) in [6.45, 7) is 7.64. The van der Waals surface area contributed by atoms with Crippen molar-refractivity contribution >= 4 is 21.6 Å². The van der Waals surface area contributed by atoms with E-state index in [9.17, 15) is 13.2 Å². The molecule has 0 aliphatic heterocycles. The predicted molar refractivity (Wildman–Crippen MR) is 123 cm³/mol. The van der Waals surface area contributed by atoms with Crippen molar-refractivity contribution in [2.75, 3.05) is 10.6 Å². The third-order valence-electron chi connectivity index (χ3n) is 5.36. The van der Waals surface area contributed by atoms with Gasteiger partial charge < -0.3 is 9.88 Å². The maximum absolute atomic E-state index is 13.0. The molecule has 0 unspecified atom stereocenters. The molecule has 0 saturated carbocycles. The van der Waals surface area contributed by atoms with Crippen LogP contribution in [0.4, 0.5) is 5.69 Å². The van der Waals surface area contributed by atoms with E-state index < -0.39 is 16.1 Å². The van der Waals surface area contributed by atoms with Crippen molar-refractivity contribution < 1.29 is 13.2 Å². The summed E-state index contributed by atoms with van der Waals surface area (Å²) in [4.78, 5) is 17.2. The number of hydrogen-bond acceptors (Lipinski definition) is 4. The molecule has 0 saturated heterocycles. The van der Waals surface area contributed by atoms with Gasteiger partial charge in [0.25, 0.3) is 0 Å². The first-order valence-electron chi connectivity index (χ1n) is 10.0. The number of nitrogens with one attached hydrogen (secondary N) is 1. The molecule has 1 atom stereocenters. The summed E-state index contributed by atoms with van der Waals surface area (Å²) in [5.74, 6) is 0.464. The van der Waals surface area contributed by atoms with Gasteiger partial charge in [0.15, 0.2) is 0 Å². The molecule has 0 radical (unpaired) electrons. The lowest BCUT2D eigenvalue weighted by Crippen LogP contribution is -2.47. The van der Waals surface area contributed by atoms with E-state index in [4.69, 9.17) is 0 Å². The molecule has 3 aromatic rings. The highest BCUT2D eigenvalue weighted by Crippen LogP contribution is 2.24. The normalized spacial score (nSPS) is 12.4. The second-order valence-electron chi connectivity index (χ2n) is 7.69. The first-order chi connectivity index (χ1) is 14.6. The molecular formula is C23H28N4O3S. The van der Waals surface area contributed by atoms with E-state index in [2.05, 4.69) is 10.3 Å². The molecule has 1 N–H and O–H groups in total. The summed E-state index contributed by atoms with van der Waals surface area (Å²) in [6.07, 6.45) is 4.70.